The summed E-state index contributed by atoms with van der Waals surface area (Å²) in [6.45, 7) is 8.01. The van der Waals surface area contributed by atoms with Gasteiger partial charge in [-0.2, -0.15) is 0 Å². The highest BCUT2D eigenvalue weighted by molar-refractivity contribution is 5.74. The summed E-state index contributed by atoms with van der Waals surface area (Å²) >= 11 is 0. The molecule has 0 bridgehead atoms. The Morgan fingerprint density at radius 1 is 0.390 bits per heavy atom. The number of halogens is 4. The van der Waals surface area contributed by atoms with Crippen LogP contribution in [0.2, 0.25) is 0 Å². The Morgan fingerprint density at radius 2 is 0.714 bits per heavy atom. The van der Waals surface area contributed by atoms with Gasteiger partial charge in [-0.3, -0.25) is 9.59 Å². The number of carbonyl (C=O) groups is 2. The summed E-state index contributed by atoms with van der Waals surface area (Å²) in [4.78, 5) is 24.7. The summed E-state index contributed by atoms with van der Waals surface area (Å²) in [6, 6.07) is 36.0. The van der Waals surface area contributed by atoms with Crippen molar-refractivity contribution in [1.29, 1.82) is 0 Å². The number of hydrogen-bond donors (Lipinski definition) is 0. The van der Waals surface area contributed by atoms with Gasteiger partial charge in [0.05, 0.1) is 26.4 Å². The minimum Gasteiger partial charge on any atom is -0.494 e. The molecule has 0 fully saturated rings. The van der Waals surface area contributed by atoms with E-state index < -0.39 is 23.3 Å². The van der Waals surface area contributed by atoms with Crippen molar-refractivity contribution in [3.63, 3.8) is 0 Å². The molecule has 0 aliphatic heterocycles. The zero-order valence-corrected chi connectivity index (χ0v) is 45.8. The van der Waals surface area contributed by atoms with E-state index in [4.69, 9.17) is 18.9 Å². The molecule has 0 aliphatic rings. The highest BCUT2D eigenvalue weighted by Crippen LogP contribution is 2.35. The first-order valence-corrected chi connectivity index (χ1v) is 28.5. The van der Waals surface area contributed by atoms with Crippen LogP contribution >= 0.6 is 0 Å². The Kier molecular flexibility index (Phi) is 25.6. The third-order valence-corrected chi connectivity index (χ3v) is 14.2. The zero-order chi connectivity index (χ0) is 54.6. The Balaban J connectivity index is 0.747. The maximum absolute atomic E-state index is 15.3. The second-order valence-corrected chi connectivity index (χ2v) is 20.5. The van der Waals surface area contributed by atoms with Crippen LogP contribution in [0.25, 0.3) is 44.5 Å². The molecule has 0 aliphatic carbocycles. The number of hydrogen-bond acceptors (Lipinski definition) is 6. The van der Waals surface area contributed by atoms with Crippen LogP contribution in [0.1, 0.15) is 154 Å². The second-order valence-electron chi connectivity index (χ2n) is 20.5. The van der Waals surface area contributed by atoms with Crippen LogP contribution in [0.4, 0.5) is 17.6 Å². The summed E-state index contributed by atoms with van der Waals surface area (Å²) in [7, 11) is 0. The second kappa shape index (κ2) is 33.0. The molecular formula is C67H80F4O6. The number of aryl methyl sites for hydroxylation is 2. The molecule has 0 unspecified atom stereocenters. The van der Waals surface area contributed by atoms with Gasteiger partial charge < -0.3 is 18.9 Å². The molecule has 412 valence electrons. The Hall–Kier alpha value is -6.42. The Morgan fingerprint density at radius 3 is 1.08 bits per heavy atom. The molecule has 1 atom stereocenters. The molecule has 6 rings (SSSR count). The van der Waals surface area contributed by atoms with Crippen LogP contribution in [0.5, 0.6) is 11.5 Å². The molecule has 0 amide bonds. The third kappa shape index (κ3) is 19.8. The van der Waals surface area contributed by atoms with Crippen molar-refractivity contribution in [2.75, 3.05) is 26.4 Å². The number of unbranched alkanes of at least 4 members (excludes halogenated alkanes) is 12. The van der Waals surface area contributed by atoms with Gasteiger partial charge in [-0.05, 0) is 147 Å². The summed E-state index contributed by atoms with van der Waals surface area (Å²) in [5, 5.41) is 0. The van der Waals surface area contributed by atoms with E-state index in [0.29, 0.717) is 66.6 Å². The third-order valence-electron chi connectivity index (χ3n) is 14.2. The fraction of sp³-hybridized carbons (Fsp3) is 0.433. The summed E-state index contributed by atoms with van der Waals surface area (Å²) in [5.74, 6) is -2.70. The molecule has 77 heavy (non-hydrogen) atoms. The smallest absolute Gasteiger partial charge is 0.306 e. The van der Waals surface area contributed by atoms with Gasteiger partial charge in [-0.25, -0.2) is 17.6 Å². The number of carbonyl (C=O) groups excluding carboxylic acids is 2. The lowest BCUT2D eigenvalue weighted by atomic mass is 9.97. The van der Waals surface area contributed by atoms with Crippen molar-refractivity contribution in [1.82, 2.24) is 0 Å². The molecule has 0 radical (unpaired) electrons. The monoisotopic (exact) mass is 1060 g/mol. The summed E-state index contributed by atoms with van der Waals surface area (Å²) in [5.41, 5.74) is 5.75. The van der Waals surface area contributed by atoms with Crippen LogP contribution in [0.3, 0.4) is 0 Å². The molecule has 0 spiro atoms. The van der Waals surface area contributed by atoms with Crippen molar-refractivity contribution in [2.24, 2.45) is 5.92 Å². The predicted molar refractivity (Wildman–Crippen MR) is 303 cm³/mol. The van der Waals surface area contributed by atoms with Crippen molar-refractivity contribution in [3.8, 4) is 56.0 Å². The van der Waals surface area contributed by atoms with Crippen LogP contribution < -0.4 is 9.47 Å². The topological polar surface area (TPSA) is 71.1 Å². The van der Waals surface area contributed by atoms with E-state index in [0.717, 1.165) is 77.0 Å². The van der Waals surface area contributed by atoms with Crippen LogP contribution in [-0.4, -0.2) is 38.4 Å². The average Bonchev–Trinajstić information content (AvgIpc) is 3.46. The van der Waals surface area contributed by atoms with E-state index in [1.807, 2.05) is 55.5 Å². The highest BCUT2D eigenvalue weighted by Gasteiger charge is 2.19. The van der Waals surface area contributed by atoms with E-state index in [-0.39, 0.29) is 53.0 Å². The van der Waals surface area contributed by atoms with Gasteiger partial charge in [-0.15, -0.1) is 0 Å². The molecule has 0 aromatic heterocycles. The maximum atomic E-state index is 15.3. The quantitative estimate of drug-likeness (QED) is 0.0224. The zero-order valence-electron chi connectivity index (χ0n) is 45.8. The van der Waals surface area contributed by atoms with Crippen molar-refractivity contribution in [3.05, 3.63) is 156 Å². The molecule has 0 saturated carbocycles. The lowest BCUT2D eigenvalue weighted by Crippen LogP contribution is -2.13. The fourth-order valence-electron chi connectivity index (χ4n) is 9.42. The molecule has 6 aromatic rings. The van der Waals surface area contributed by atoms with Gasteiger partial charge in [-0.1, -0.05) is 156 Å². The van der Waals surface area contributed by atoms with Gasteiger partial charge in [0.25, 0.3) is 0 Å². The van der Waals surface area contributed by atoms with Gasteiger partial charge in [0.1, 0.15) is 11.5 Å². The van der Waals surface area contributed by atoms with E-state index >= 15 is 17.6 Å². The molecule has 0 saturated heterocycles. The van der Waals surface area contributed by atoms with E-state index in [9.17, 15) is 9.59 Å². The van der Waals surface area contributed by atoms with Crippen LogP contribution in [0.15, 0.2) is 121 Å². The van der Waals surface area contributed by atoms with Gasteiger partial charge in [0.15, 0.2) is 23.3 Å². The first-order valence-electron chi connectivity index (χ1n) is 28.5. The van der Waals surface area contributed by atoms with Gasteiger partial charge in [0, 0.05) is 35.1 Å². The molecule has 6 aromatic carbocycles. The predicted octanol–water partition coefficient (Wildman–Crippen LogP) is 18.6. The number of benzene rings is 6. The van der Waals surface area contributed by atoms with Crippen molar-refractivity contribution < 1.29 is 46.1 Å². The van der Waals surface area contributed by atoms with E-state index in [1.54, 1.807) is 72.8 Å². The van der Waals surface area contributed by atoms with Gasteiger partial charge in [0.2, 0.25) is 0 Å². The minimum atomic E-state index is -0.870. The fourth-order valence-corrected chi connectivity index (χ4v) is 9.42. The van der Waals surface area contributed by atoms with Crippen LogP contribution in [-0.2, 0) is 31.9 Å². The molecule has 6 nitrogen and oxygen atoms in total. The lowest BCUT2D eigenvalue weighted by molar-refractivity contribution is -0.147. The normalized spacial score (nSPS) is 11.6. The summed E-state index contributed by atoms with van der Waals surface area (Å²) in [6.07, 6.45) is 19.2. The van der Waals surface area contributed by atoms with E-state index in [2.05, 4.69) is 13.8 Å². The standard InChI is InChI=1S/C67H80F4O6/c1-4-6-8-14-20-50-23-27-52(28-24-50)58-39-41-60(66(70)64(58)68)54-31-35-56(36-32-54)74-44-16-10-12-18-46-76-62(72)43-22-49(3)48-63(73)77-47-19-13-11-17-45-75-57-37-33-55(34-38-57)61-42-40-59(65(69)67(61)71)53-29-25-51(26-30-53)21-15-9-7-5-2/h23-42,49H,4-22,43-48H2,1-3H3/t49-/m1/s1. The first kappa shape index (κ1) is 59.8. The largest absolute Gasteiger partial charge is 0.494 e. The lowest BCUT2D eigenvalue weighted by Gasteiger charge is -2.12. The minimum absolute atomic E-state index is 0.00875. The number of ether oxygens (including phenoxy) is 4. The molecule has 10 heteroatoms. The number of esters is 2. The average molecular weight is 1060 g/mol. The van der Waals surface area contributed by atoms with E-state index in [1.165, 1.54) is 49.7 Å². The van der Waals surface area contributed by atoms with Crippen molar-refractivity contribution >= 4 is 11.9 Å². The highest BCUT2D eigenvalue weighted by atomic mass is 19.2. The van der Waals surface area contributed by atoms with Crippen LogP contribution in [0, 0.1) is 29.2 Å². The SMILES string of the molecule is CCCCCCc1ccc(-c2ccc(-c3ccc(OCCCCCCOC(=O)CC[C@@H](C)CC(=O)OCCCCCCOc4ccc(-c5ccc(-c6ccc(CCCCCC)cc6)c(F)c5F)cc4)cc3)c(F)c2F)cc1. The molecule has 0 N–H and O–H groups in total. The Bertz CT molecular complexity index is 2690. The first-order chi connectivity index (χ1) is 37.5. The van der Waals surface area contributed by atoms with Gasteiger partial charge >= 0.3 is 11.9 Å². The number of rotatable bonds is 35. The summed E-state index contributed by atoms with van der Waals surface area (Å²) < 4.78 is 83.8. The maximum Gasteiger partial charge on any atom is 0.306 e. The Labute approximate surface area is 455 Å². The molecular weight excluding hydrogens is 977 g/mol. The van der Waals surface area contributed by atoms with Crippen molar-refractivity contribution in [2.45, 2.75) is 156 Å². The molecule has 0 heterocycles.